The molecule has 1 aliphatic heterocycles. The standard InChI is InChI=1S/C7H15OP/c1-6(2,3)9-7(4,5)8-9/h1-5H3. The van der Waals surface area contributed by atoms with E-state index >= 15 is 0 Å². The third-order valence-electron chi connectivity index (χ3n) is 1.38. The summed E-state index contributed by atoms with van der Waals surface area (Å²) in [6.07, 6.45) is 0. The minimum absolute atomic E-state index is 0.135. The monoisotopic (exact) mass is 146 g/mol. The molecule has 1 nitrogen and oxygen atoms in total. The molecule has 1 aliphatic rings. The predicted molar refractivity (Wildman–Crippen MR) is 41.8 cm³/mol. The van der Waals surface area contributed by atoms with Crippen molar-refractivity contribution in [2.75, 3.05) is 0 Å². The van der Waals surface area contributed by atoms with Crippen LogP contribution in [0.3, 0.4) is 0 Å². The van der Waals surface area contributed by atoms with Crippen LogP contribution in [0.4, 0.5) is 0 Å². The summed E-state index contributed by atoms with van der Waals surface area (Å²) in [5.74, 6) is 0. The summed E-state index contributed by atoms with van der Waals surface area (Å²) in [6, 6.07) is 0. The first-order valence-electron chi connectivity index (χ1n) is 3.33. The maximum atomic E-state index is 5.53. The van der Waals surface area contributed by atoms with Crippen molar-refractivity contribution in [1.82, 2.24) is 0 Å². The molecule has 1 atom stereocenters. The highest BCUT2D eigenvalue weighted by Gasteiger charge is 2.54. The molecule has 2 heteroatoms. The highest BCUT2D eigenvalue weighted by atomic mass is 31.2. The molecule has 1 fully saturated rings. The molecule has 0 aliphatic carbocycles. The second-order valence-corrected chi connectivity index (χ2v) is 7.19. The van der Waals surface area contributed by atoms with E-state index in [9.17, 15) is 0 Å². The molecule has 9 heavy (non-hydrogen) atoms. The molecule has 0 radical (unpaired) electrons. The summed E-state index contributed by atoms with van der Waals surface area (Å²) in [7, 11) is -0.135. The Hall–Kier alpha value is 0.390. The van der Waals surface area contributed by atoms with E-state index in [2.05, 4.69) is 34.6 Å². The minimum Gasteiger partial charge on any atom is -0.343 e. The van der Waals surface area contributed by atoms with Gasteiger partial charge in [0.05, 0.1) is 8.15 Å². The van der Waals surface area contributed by atoms with E-state index in [0.717, 1.165) is 0 Å². The lowest BCUT2D eigenvalue weighted by Gasteiger charge is -2.14. The number of rotatable bonds is 0. The molecular weight excluding hydrogens is 131 g/mol. The van der Waals surface area contributed by atoms with E-state index in [0.29, 0.717) is 5.16 Å². The van der Waals surface area contributed by atoms with Gasteiger partial charge in [-0.3, -0.25) is 0 Å². The first-order chi connectivity index (χ1) is 3.84. The Balaban J connectivity index is 2.52. The van der Waals surface area contributed by atoms with Crippen LogP contribution in [0, 0.1) is 0 Å². The van der Waals surface area contributed by atoms with Crippen LogP contribution in [0.25, 0.3) is 0 Å². The van der Waals surface area contributed by atoms with Gasteiger partial charge >= 0.3 is 0 Å². The third kappa shape index (κ3) is 1.45. The van der Waals surface area contributed by atoms with Crippen LogP contribution < -0.4 is 0 Å². The summed E-state index contributed by atoms with van der Waals surface area (Å²) < 4.78 is 5.53. The van der Waals surface area contributed by atoms with E-state index in [1.807, 2.05) is 0 Å². The van der Waals surface area contributed by atoms with Crippen LogP contribution in [-0.2, 0) is 4.52 Å². The Morgan fingerprint density at radius 2 is 1.56 bits per heavy atom. The molecule has 0 saturated carbocycles. The molecule has 1 saturated heterocycles. The van der Waals surface area contributed by atoms with Gasteiger partial charge in [-0.2, -0.15) is 0 Å². The van der Waals surface area contributed by atoms with Gasteiger partial charge in [-0.05, 0) is 13.8 Å². The zero-order chi connectivity index (χ0) is 7.28. The topological polar surface area (TPSA) is 12.5 Å². The Bertz CT molecular complexity index is 123. The Labute approximate surface area is 58.6 Å². The fourth-order valence-electron chi connectivity index (χ4n) is 1.15. The SMILES string of the molecule is CC(C)(C)P1OC1(C)C. The zero-order valence-corrected chi connectivity index (χ0v) is 7.75. The van der Waals surface area contributed by atoms with Crippen molar-refractivity contribution in [3.63, 3.8) is 0 Å². The van der Waals surface area contributed by atoms with E-state index in [1.54, 1.807) is 0 Å². The van der Waals surface area contributed by atoms with Gasteiger partial charge < -0.3 is 4.52 Å². The molecule has 0 aromatic carbocycles. The van der Waals surface area contributed by atoms with Gasteiger partial charge in [0, 0.05) is 5.16 Å². The highest BCUT2D eigenvalue weighted by Crippen LogP contribution is 2.76. The van der Waals surface area contributed by atoms with Crippen LogP contribution in [0.15, 0.2) is 0 Å². The average Bonchev–Trinajstić information content (AvgIpc) is 2.10. The van der Waals surface area contributed by atoms with Crippen molar-refractivity contribution < 1.29 is 4.52 Å². The highest BCUT2D eigenvalue weighted by molar-refractivity contribution is 7.61. The smallest absolute Gasteiger partial charge is 0.111 e. The van der Waals surface area contributed by atoms with Crippen LogP contribution >= 0.6 is 8.15 Å². The van der Waals surface area contributed by atoms with Crippen molar-refractivity contribution >= 4 is 8.15 Å². The maximum absolute atomic E-state index is 5.53. The fraction of sp³-hybridized carbons (Fsp3) is 1.00. The largest absolute Gasteiger partial charge is 0.343 e. The molecule has 0 spiro atoms. The van der Waals surface area contributed by atoms with Gasteiger partial charge in [-0.15, -0.1) is 0 Å². The van der Waals surface area contributed by atoms with E-state index in [-0.39, 0.29) is 13.5 Å². The van der Waals surface area contributed by atoms with Gasteiger partial charge in [-0.25, -0.2) is 0 Å². The Morgan fingerprint density at radius 3 is 1.56 bits per heavy atom. The molecule has 0 bridgehead atoms. The molecule has 0 amide bonds. The second-order valence-electron chi connectivity index (χ2n) is 4.00. The van der Waals surface area contributed by atoms with Crippen molar-refractivity contribution in [3.8, 4) is 0 Å². The van der Waals surface area contributed by atoms with Gasteiger partial charge in [-0.1, -0.05) is 20.8 Å². The van der Waals surface area contributed by atoms with Crippen molar-refractivity contribution in [3.05, 3.63) is 0 Å². The van der Waals surface area contributed by atoms with Crippen LogP contribution in [0.2, 0.25) is 0 Å². The molecule has 1 rings (SSSR count). The minimum atomic E-state index is -0.135. The maximum Gasteiger partial charge on any atom is 0.111 e. The Morgan fingerprint density at radius 1 is 1.22 bits per heavy atom. The van der Waals surface area contributed by atoms with E-state index < -0.39 is 0 Å². The summed E-state index contributed by atoms with van der Waals surface area (Å²) >= 11 is 0. The van der Waals surface area contributed by atoms with Crippen LogP contribution in [0.5, 0.6) is 0 Å². The molecule has 1 heterocycles. The molecular formula is C7H15OP. The number of hydrogen-bond acceptors (Lipinski definition) is 1. The molecule has 0 N–H and O–H groups in total. The fourth-order valence-corrected chi connectivity index (χ4v) is 3.57. The molecule has 1 unspecified atom stereocenters. The van der Waals surface area contributed by atoms with Gasteiger partial charge in [0.1, 0.15) is 5.34 Å². The lowest BCUT2D eigenvalue weighted by atomic mass is 10.3. The van der Waals surface area contributed by atoms with Crippen molar-refractivity contribution in [1.29, 1.82) is 0 Å². The van der Waals surface area contributed by atoms with Crippen molar-refractivity contribution in [2.24, 2.45) is 0 Å². The number of hydrogen-bond donors (Lipinski definition) is 0. The van der Waals surface area contributed by atoms with Gasteiger partial charge in [0.25, 0.3) is 0 Å². The summed E-state index contributed by atoms with van der Waals surface area (Å²) in [4.78, 5) is 0. The van der Waals surface area contributed by atoms with E-state index in [1.165, 1.54) is 0 Å². The average molecular weight is 146 g/mol. The second kappa shape index (κ2) is 1.71. The Kier molecular flexibility index (Phi) is 1.42. The summed E-state index contributed by atoms with van der Waals surface area (Å²) in [6.45, 7) is 11.1. The molecule has 0 aromatic rings. The predicted octanol–water partition coefficient (Wildman–Crippen LogP) is 2.95. The van der Waals surface area contributed by atoms with Crippen LogP contribution in [-0.4, -0.2) is 10.5 Å². The van der Waals surface area contributed by atoms with Crippen LogP contribution in [0.1, 0.15) is 34.6 Å². The molecule has 0 aromatic heterocycles. The van der Waals surface area contributed by atoms with E-state index in [4.69, 9.17) is 4.52 Å². The summed E-state index contributed by atoms with van der Waals surface area (Å²) in [5.41, 5.74) is 0. The lowest BCUT2D eigenvalue weighted by molar-refractivity contribution is 0.367. The van der Waals surface area contributed by atoms with Crippen molar-refractivity contribution in [2.45, 2.75) is 45.1 Å². The normalized spacial score (nSPS) is 32.3. The quantitative estimate of drug-likeness (QED) is 0.378. The third-order valence-corrected chi connectivity index (χ3v) is 4.14. The van der Waals surface area contributed by atoms with Gasteiger partial charge in [0.2, 0.25) is 0 Å². The first-order valence-corrected chi connectivity index (χ1v) is 4.59. The first kappa shape index (κ1) is 7.50. The summed E-state index contributed by atoms with van der Waals surface area (Å²) in [5, 5.41) is 0.604. The molecule has 54 valence electrons. The lowest BCUT2D eigenvalue weighted by Crippen LogP contribution is -2.08. The zero-order valence-electron chi connectivity index (χ0n) is 6.86. The van der Waals surface area contributed by atoms with Gasteiger partial charge in [0.15, 0.2) is 0 Å².